The summed E-state index contributed by atoms with van der Waals surface area (Å²) in [5.74, 6) is 0.0807. The molecular formula is C23H18ClNO3S. The van der Waals surface area contributed by atoms with E-state index in [0.717, 1.165) is 28.7 Å². The lowest BCUT2D eigenvalue weighted by Crippen LogP contribution is -2.11. The van der Waals surface area contributed by atoms with Gasteiger partial charge in [0.1, 0.15) is 6.10 Å². The second-order valence-corrected chi connectivity index (χ2v) is 8.53. The number of thiophene rings is 1. The Morgan fingerprint density at radius 1 is 1.10 bits per heavy atom. The van der Waals surface area contributed by atoms with Crippen LogP contribution in [0.3, 0.4) is 0 Å². The first-order valence-corrected chi connectivity index (χ1v) is 10.5. The minimum atomic E-state index is -0.0974. The fraction of sp³-hybridized carbons (Fsp3) is 0.174. The van der Waals surface area contributed by atoms with E-state index in [1.54, 1.807) is 18.2 Å². The van der Waals surface area contributed by atoms with Crippen LogP contribution in [0.15, 0.2) is 65.8 Å². The van der Waals surface area contributed by atoms with Crippen molar-refractivity contribution in [2.24, 2.45) is 5.16 Å². The van der Waals surface area contributed by atoms with Gasteiger partial charge in [-0.2, -0.15) is 0 Å². The van der Waals surface area contributed by atoms with Gasteiger partial charge in [-0.05, 0) is 35.2 Å². The van der Waals surface area contributed by atoms with Crippen LogP contribution in [0.4, 0.5) is 0 Å². The molecule has 146 valence electrons. The lowest BCUT2D eigenvalue weighted by Gasteiger charge is -2.07. The van der Waals surface area contributed by atoms with E-state index in [1.165, 1.54) is 11.3 Å². The molecule has 0 fully saturated rings. The van der Waals surface area contributed by atoms with E-state index in [4.69, 9.17) is 16.4 Å². The first-order chi connectivity index (χ1) is 14.1. The average Bonchev–Trinajstić information content (AvgIpc) is 3.41. The molecular weight excluding hydrogens is 406 g/mol. The summed E-state index contributed by atoms with van der Waals surface area (Å²) in [4.78, 5) is 29.7. The van der Waals surface area contributed by atoms with Gasteiger partial charge in [-0.25, -0.2) is 0 Å². The molecule has 29 heavy (non-hydrogen) atoms. The molecule has 0 radical (unpaired) electrons. The third-order valence-corrected chi connectivity index (χ3v) is 6.16. The van der Waals surface area contributed by atoms with Crippen LogP contribution in [0, 0.1) is 0 Å². The Balaban J connectivity index is 1.36. The molecule has 1 aromatic heterocycles. The highest BCUT2D eigenvalue weighted by atomic mass is 35.5. The number of halogens is 1. The van der Waals surface area contributed by atoms with Gasteiger partial charge in [-0.1, -0.05) is 65.3 Å². The van der Waals surface area contributed by atoms with Gasteiger partial charge < -0.3 is 4.84 Å². The quantitative estimate of drug-likeness (QED) is 0.344. The molecule has 0 spiro atoms. The van der Waals surface area contributed by atoms with Crippen molar-refractivity contribution in [3.05, 3.63) is 81.0 Å². The highest BCUT2D eigenvalue weighted by Crippen LogP contribution is 2.27. The summed E-state index contributed by atoms with van der Waals surface area (Å²) in [5.41, 5.74) is 4.41. The predicted molar refractivity (Wildman–Crippen MR) is 116 cm³/mol. The molecule has 4 nitrogen and oxygen atoms in total. The van der Waals surface area contributed by atoms with Gasteiger partial charge in [0, 0.05) is 18.4 Å². The molecule has 1 aliphatic heterocycles. The summed E-state index contributed by atoms with van der Waals surface area (Å²) in [5, 5.41) is 4.21. The van der Waals surface area contributed by atoms with Gasteiger partial charge in [0.2, 0.25) is 0 Å². The SMILES string of the molecule is O=Cc1ccccc1-c1ccc(C2=NOC(CCC(=O)c3ccc(Cl)s3)C2)cc1. The number of aldehydes is 1. The van der Waals surface area contributed by atoms with Crippen molar-refractivity contribution in [1.82, 2.24) is 0 Å². The molecule has 2 heterocycles. The fourth-order valence-electron chi connectivity index (χ4n) is 3.34. The molecule has 1 unspecified atom stereocenters. The smallest absolute Gasteiger partial charge is 0.172 e. The predicted octanol–water partition coefficient (Wildman–Crippen LogP) is 6.04. The Kier molecular flexibility index (Phi) is 5.88. The molecule has 0 aliphatic carbocycles. The van der Waals surface area contributed by atoms with Crippen LogP contribution in [0.1, 0.15) is 44.9 Å². The number of benzene rings is 2. The number of nitrogens with zero attached hydrogens (tertiary/aromatic N) is 1. The number of oxime groups is 1. The van der Waals surface area contributed by atoms with Crippen molar-refractivity contribution in [3.63, 3.8) is 0 Å². The molecule has 3 aromatic rings. The largest absolute Gasteiger partial charge is 0.392 e. The van der Waals surface area contributed by atoms with Gasteiger partial charge >= 0.3 is 0 Å². The zero-order chi connectivity index (χ0) is 20.2. The number of carbonyl (C=O) groups excluding carboxylic acids is 2. The van der Waals surface area contributed by atoms with Crippen molar-refractivity contribution >= 4 is 40.7 Å². The molecule has 0 bridgehead atoms. The summed E-state index contributed by atoms with van der Waals surface area (Å²) in [7, 11) is 0. The van der Waals surface area contributed by atoms with Crippen LogP contribution >= 0.6 is 22.9 Å². The summed E-state index contributed by atoms with van der Waals surface area (Å²) in [6.45, 7) is 0. The average molecular weight is 424 g/mol. The molecule has 2 aromatic carbocycles. The highest BCUT2D eigenvalue weighted by molar-refractivity contribution is 7.18. The van der Waals surface area contributed by atoms with E-state index in [9.17, 15) is 9.59 Å². The zero-order valence-electron chi connectivity index (χ0n) is 15.5. The molecule has 1 atom stereocenters. The van der Waals surface area contributed by atoms with Crippen molar-refractivity contribution < 1.29 is 14.4 Å². The lowest BCUT2D eigenvalue weighted by atomic mass is 9.96. The van der Waals surface area contributed by atoms with Crippen molar-refractivity contribution in [2.45, 2.75) is 25.4 Å². The van der Waals surface area contributed by atoms with E-state index in [2.05, 4.69) is 5.16 Å². The lowest BCUT2D eigenvalue weighted by molar-refractivity contribution is 0.0720. The molecule has 0 saturated heterocycles. The summed E-state index contributed by atoms with van der Waals surface area (Å²) in [6.07, 6.45) is 2.47. The maximum Gasteiger partial charge on any atom is 0.172 e. The van der Waals surface area contributed by atoms with Crippen molar-refractivity contribution in [3.8, 4) is 11.1 Å². The van der Waals surface area contributed by atoms with Gasteiger partial charge in [-0.3, -0.25) is 9.59 Å². The number of hydrogen-bond donors (Lipinski definition) is 0. The van der Waals surface area contributed by atoms with Crippen LogP contribution in [0.5, 0.6) is 0 Å². The number of ketones is 1. The summed E-state index contributed by atoms with van der Waals surface area (Å²) in [6, 6.07) is 19.0. The first kappa shape index (κ1) is 19.6. The topological polar surface area (TPSA) is 55.7 Å². The monoisotopic (exact) mass is 423 g/mol. The van der Waals surface area contributed by atoms with Gasteiger partial charge in [0.15, 0.2) is 12.1 Å². The second-order valence-electron chi connectivity index (χ2n) is 6.82. The number of rotatable bonds is 7. The third kappa shape index (κ3) is 4.47. The van der Waals surface area contributed by atoms with Gasteiger partial charge in [0.25, 0.3) is 0 Å². The number of Topliss-reactive ketones (excluding diaryl/α,β-unsaturated/α-hetero) is 1. The Bertz CT molecular complexity index is 1070. The highest BCUT2D eigenvalue weighted by Gasteiger charge is 2.23. The minimum Gasteiger partial charge on any atom is -0.392 e. The standard InChI is InChI=1S/C23H18ClNO3S/c24-23-12-11-22(29-23)21(27)10-9-18-13-20(25-28-18)16-7-5-15(6-8-16)19-4-2-1-3-17(19)14-26/h1-8,11-12,14,18H,9-10,13H2. The fourth-order valence-corrected chi connectivity index (χ4v) is 4.35. The minimum absolute atomic E-state index is 0.0807. The number of carbonyl (C=O) groups is 2. The third-order valence-electron chi connectivity index (χ3n) is 4.89. The van der Waals surface area contributed by atoms with E-state index < -0.39 is 0 Å². The van der Waals surface area contributed by atoms with Crippen LogP contribution in [0.2, 0.25) is 4.34 Å². The van der Waals surface area contributed by atoms with E-state index in [0.29, 0.717) is 34.0 Å². The van der Waals surface area contributed by atoms with Crippen LogP contribution in [-0.2, 0) is 4.84 Å². The normalized spacial score (nSPS) is 15.6. The molecule has 1 aliphatic rings. The van der Waals surface area contributed by atoms with Gasteiger partial charge in [0.05, 0.1) is 14.9 Å². The maximum atomic E-state index is 12.2. The zero-order valence-corrected chi connectivity index (χ0v) is 17.1. The van der Waals surface area contributed by atoms with E-state index in [1.807, 2.05) is 42.5 Å². The van der Waals surface area contributed by atoms with Crippen LogP contribution in [-0.4, -0.2) is 23.9 Å². The summed E-state index contributed by atoms with van der Waals surface area (Å²) < 4.78 is 0.621. The Hall–Kier alpha value is -2.76. The van der Waals surface area contributed by atoms with E-state index in [-0.39, 0.29) is 11.9 Å². The summed E-state index contributed by atoms with van der Waals surface area (Å²) >= 11 is 7.19. The van der Waals surface area contributed by atoms with Gasteiger partial charge in [-0.15, -0.1) is 11.3 Å². The molecule has 0 saturated carbocycles. The second kappa shape index (κ2) is 8.72. The van der Waals surface area contributed by atoms with E-state index >= 15 is 0 Å². The maximum absolute atomic E-state index is 12.2. The molecule has 4 rings (SSSR count). The van der Waals surface area contributed by atoms with Crippen molar-refractivity contribution in [2.75, 3.05) is 0 Å². The molecule has 0 amide bonds. The number of hydrogen-bond acceptors (Lipinski definition) is 5. The Morgan fingerprint density at radius 3 is 2.59 bits per heavy atom. The van der Waals surface area contributed by atoms with Crippen LogP contribution in [0.25, 0.3) is 11.1 Å². The first-order valence-electron chi connectivity index (χ1n) is 9.30. The van der Waals surface area contributed by atoms with Crippen LogP contribution < -0.4 is 0 Å². The Morgan fingerprint density at radius 2 is 1.86 bits per heavy atom. The molecule has 0 N–H and O–H groups in total. The Labute approximate surface area is 177 Å². The van der Waals surface area contributed by atoms with Crippen molar-refractivity contribution in [1.29, 1.82) is 0 Å². The molecule has 6 heteroatoms.